The van der Waals surface area contributed by atoms with Crippen molar-refractivity contribution in [2.45, 2.75) is 38.0 Å². The van der Waals surface area contributed by atoms with Crippen LogP contribution in [0.5, 0.6) is 5.75 Å². The summed E-state index contributed by atoms with van der Waals surface area (Å²) in [7, 11) is 3.18. The number of ether oxygens (including phenoxy) is 2. The fourth-order valence-corrected chi connectivity index (χ4v) is 3.60. The summed E-state index contributed by atoms with van der Waals surface area (Å²) in [6.45, 7) is 1.07. The smallest absolute Gasteiger partial charge is 0.251 e. The number of benzene rings is 1. The summed E-state index contributed by atoms with van der Waals surface area (Å²) in [5, 5.41) is 13.6. The Kier molecular flexibility index (Phi) is 7.18. The number of amides is 2. The summed E-state index contributed by atoms with van der Waals surface area (Å²) in [5.41, 5.74) is 0.534. The maximum atomic E-state index is 12.6. The molecule has 1 fully saturated rings. The molecule has 0 saturated heterocycles. The zero-order valence-corrected chi connectivity index (χ0v) is 16.7. The molecule has 29 heavy (non-hydrogen) atoms. The molecule has 0 bridgehead atoms. The Balaban J connectivity index is 1.50. The predicted molar refractivity (Wildman–Crippen MR) is 105 cm³/mol. The summed E-state index contributed by atoms with van der Waals surface area (Å²) in [6, 6.07) is 6.88. The number of methoxy groups -OCH3 is 2. The van der Waals surface area contributed by atoms with Crippen molar-refractivity contribution in [1.29, 1.82) is 0 Å². The lowest BCUT2D eigenvalue weighted by atomic mass is 9.83. The summed E-state index contributed by atoms with van der Waals surface area (Å²) in [5.74, 6) is 0.323. The molecule has 2 amide bonds. The minimum Gasteiger partial charge on any atom is -0.497 e. The molecule has 9 nitrogen and oxygen atoms in total. The van der Waals surface area contributed by atoms with Gasteiger partial charge in [0, 0.05) is 31.3 Å². The standard InChI is InChI=1S/C20H27N5O4/c1-28-16-5-3-4-14(12-16)20(27)23-17-7-6-15(13-18(17)29-2)19(26)21-8-10-25-11-9-22-24-25/h3-5,9,11-12,15,17-18H,6-8,10,13H2,1-2H3,(H,21,26)(H,23,27)/t15-,17-,18-/m0/s1. The van der Waals surface area contributed by atoms with Crippen LogP contribution in [-0.4, -0.2) is 59.7 Å². The van der Waals surface area contributed by atoms with Gasteiger partial charge in [0.15, 0.2) is 0 Å². The highest BCUT2D eigenvalue weighted by molar-refractivity contribution is 5.94. The Morgan fingerprint density at radius 3 is 2.86 bits per heavy atom. The fraction of sp³-hybridized carbons (Fsp3) is 0.500. The highest BCUT2D eigenvalue weighted by Crippen LogP contribution is 2.27. The Hall–Kier alpha value is -2.94. The Morgan fingerprint density at radius 1 is 1.28 bits per heavy atom. The van der Waals surface area contributed by atoms with Crippen molar-refractivity contribution < 1.29 is 19.1 Å². The maximum Gasteiger partial charge on any atom is 0.251 e. The van der Waals surface area contributed by atoms with E-state index in [0.717, 1.165) is 0 Å². The number of aromatic nitrogens is 3. The lowest BCUT2D eigenvalue weighted by Gasteiger charge is -2.35. The van der Waals surface area contributed by atoms with E-state index < -0.39 is 0 Å². The lowest BCUT2D eigenvalue weighted by molar-refractivity contribution is -0.128. The van der Waals surface area contributed by atoms with E-state index in [0.29, 0.717) is 43.7 Å². The van der Waals surface area contributed by atoms with Crippen molar-refractivity contribution in [3.63, 3.8) is 0 Å². The van der Waals surface area contributed by atoms with Crippen LogP contribution in [0.25, 0.3) is 0 Å². The van der Waals surface area contributed by atoms with Crippen molar-refractivity contribution >= 4 is 11.8 Å². The van der Waals surface area contributed by atoms with Crippen LogP contribution in [-0.2, 0) is 16.1 Å². The van der Waals surface area contributed by atoms with Gasteiger partial charge in [-0.05, 0) is 37.5 Å². The highest BCUT2D eigenvalue weighted by atomic mass is 16.5. The topological polar surface area (TPSA) is 107 Å². The van der Waals surface area contributed by atoms with Gasteiger partial charge in [0.05, 0.1) is 32.0 Å². The minimum absolute atomic E-state index is 0.00439. The zero-order valence-electron chi connectivity index (χ0n) is 16.7. The fourth-order valence-electron chi connectivity index (χ4n) is 3.60. The molecular formula is C20H27N5O4. The van der Waals surface area contributed by atoms with Gasteiger partial charge in [-0.25, -0.2) is 0 Å². The third-order valence-electron chi connectivity index (χ3n) is 5.23. The molecule has 1 saturated carbocycles. The monoisotopic (exact) mass is 401 g/mol. The van der Waals surface area contributed by atoms with Crippen LogP contribution in [0.2, 0.25) is 0 Å². The summed E-state index contributed by atoms with van der Waals surface area (Å²) in [4.78, 5) is 25.1. The van der Waals surface area contributed by atoms with E-state index in [2.05, 4.69) is 20.9 Å². The van der Waals surface area contributed by atoms with Crippen molar-refractivity contribution in [2.24, 2.45) is 5.92 Å². The Bertz CT molecular complexity index is 811. The molecule has 1 aromatic carbocycles. The van der Waals surface area contributed by atoms with Gasteiger partial charge in [-0.15, -0.1) is 5.10 Å². The van der Waals surface area contributed by atoms with Gasteiger partial charge in [0.2, 0.25) is 5.91 Å². The van der Waals surface area contributed by atoms with Gasteiger partial charge in [0.1, 0.15) is 5.75 Å². The van der Waals surface area contributed by atoms with Gasteiger partial charge in [-0.3, -0.25) is 14.3 Å². The van der Waals surface area contributed by atoms with E-state index >= 15 is 0 Å². The first-order valence-electron chi connectivity index (χ1n) is 9.70. The first kappa shape index (κ1) is 20.8. The van der Waals surface area contributed by atoms with E-state index in [1.165, 1.54) is 0 Å². The third kappa shape index (κ3) is 5.54. The van der Waals surface area contributed by atoms with Gasteiger partial charge in [-0.1, -0.05) is 11.3 Å². The molecule has 1 aliphatic rings. The van der Waals surface area contributed by atoms with E-state index in [-0.39, 0.29) is 29.9 Å². The second-order valence-electron chi connectivity index (χ2n) is 7.05. The van der Waals surface area contributed by atoms with Crippen LogP contribution in [0, 0.1) is 5.92 Å². The summed E-state index contributed by atoms with van der Waals surface area (Å²) >= 11 is 0. The van der Waals surface area contributed by atoms with Gasteiger partial charge in [-0.2, -0.15) is 0 Å². The molecule has 3 atom stereocenters. The minimum atomic E-state index is -0.218. The molecule has 0 aliphatic heterocycles. The Labute approximate surface area is 169 Å². The molecular weight excluding hydrogens is 374 g/mol. The molecule has 1 aliphatic carbocycles. The second-order valence-corrected chi connectivity index (χ2v) is 7.05. The molecule has 0 spiro atoms. The second kappa shape index (κ2) is 10.0. The number of carbonyl (C=O) groups excluding carboxylic acids is 2. The molecule has 1 aromatic heterocycles. The molecule has 156 valence electrons. The average molecular weight is 401 g/mol. The molecule has 0 radical (unpaired) electrons. The van der Waals surface area contributed by atoms with E-state index in [4.69, 9.17) is 9.47 Å². The quantitative estimate of drug-likeness (QED) is 0.684. The summed E-state index contributed by atoms with van der Waals surface area (Å²) in [6.07, 6.45) is 5.07. The van der Waals surface area contributed by atoms with E-state index in [1.54, 1.807) is 55.6 Å². The maximum absolute atomic E-state index is 12.6. The SMILES string of the molecule is COc1cccc(C(=O)N[C@H]2CC[C@H](C(=O)NCCn3ccnn3)C[C@@H]2OC)c1. The normalized spacial score (nSPS) is 21.4. The molecule has 2 N–H and O–H groups in total. The highest BCUT2D eigenvalue weighted by Gasteiger charge is 2.34. The van der Waals surface area contributed by atoms with E-state index in [1.807, 2.05) is 0 Å². The van der Waals surface area contributed by atoms with Gasteiger partial charge in [0.25, 0.3) is 5.91 Å². The Morgan fingerprint density at radius 2 is 2.14 bits per heavy atom. The number of nitrogens with zero attached hydrogens (tertiary/aromatic N) is 3. The number of hydrogen-bond acceptors (Lipinski definition) is 6. The lowest BCUT2D eigenvalue weighted by Crippen LogP contribution is -2.50. The van der Waals surface area contributed by atoms with Crippen LogP contribution in [0.15, 0.2) is 36.7 Å². The number of rotatable bonds is 8. The largest absolute Gasteiger partial charge is 0.497 e. The van der Waals surface area contributed by atoms with Crippen molar-refractivity contribution in [3.8, 4) is 5.75 Å². The molecule has 3 rings (SSSR count). The average Bonchev–Trinajstić information content (AvgIpc) is 3.27. The number of hydrogen-bond donors (Lipinski definition) is 2. The van der Waals surface area contributed by atoms with Crippen molar-refractivity contribution in [2.75, 3.05) is 20.8 Å². The summed E-state index contributed by atoms with van der Waals surface area (Å²) < 4.78 is 12.4. The predicted octanol–water partition coefficient (Wildman–Crippen LogP) is 1.02. The molecule has 2 aromatic rings. The van der Waals surface area contributed by atoms with Crippen LogP contribution in [0.1, 0.15) is 29.6 Å². The van der Waals surface area contributed by atoms with E-state index in [9.17, 15) is 9.59 Å². The molecule has 0 unspecified atom stereocenters. The zero-order chi connectivity index (χ0) is 20.6. The van der Waals surface area contributed by atoms with Gasteiger partial charge >= 0.3 is 0 Å². The molecule has 1 heterocycles. The van der Waals surface area contributed by atoms with Gasteiger partial charge < -0.3 is 20.1 Å². The first-order valence-corrected chi connectivity index (χ1v) is 9.70. The van der Waals surface area contributed by atoms with Crippen molar-refractivity contribution in [3.05, 3.63) is 42.2 Å². The van der Waals surface area contributed by atoms with Crippen LogP contribution in [0.4, 0.5) is 0 Å². The number of nitrogens with one attached hydrogen (secondary N) is 2. The van der Waals surface area contributed by atoms with Crippen LogP contribution in [0.3, 0.4) is 0 Å². The van der Waals surface area contributed by atoms with Crippen molar-refractivity contribution in [1.82, 2.24) is 25.6 Å². The van der Waals surface area contributed by atoms with Crippen LogP contribution >= 0.6 is 0 Å². The van der Waals surface area contributed by atoms with Crippen LogP contribution < -0.4 is 15.4 Å². The first-order chi connectivity index (χ1) is 14.1. The molecule has 9 heteroatoms. The third-order valence-corrected chi connectivity index (χ3v) is 5.23. The number of carbonyl (C=O) groups is 2.